The second-order valence-corrected chi connectivity index (χ2v) is 8.77. The lowest BCUT2D eigenvalue weighted by Crippen LogP contribution is -2.52. The molecule has 0 unspecified atom stereocenters. The van der Waals surface area contributed by atoms with Gasteiger partial charge in [-0.2, -0.15) is 0 Å². The standard InChI is InChI=1S/C28H24N2O6/c1-33-27(31)22-14-20-19-9-5-6-10-21(19)29-25(20)26(18-11-12-23-24(13-18)36-16-35-23)30(22)28(32)34-15-17-7-3-2-4-8-17/h2-13,22,26,29H,14-16H2,1H3/t22-,26+/m1/s1. The molecule has 8 nitrogen and oxygen atoms in total. The van der Waals surface area contributed by atoms with Gasteiger partial charge < -0.3 is 23.9 Å². The highest BCUT2D eigenvalue weighted by molar-refractivity contribution is 5.89. The second-order valence-electron chi connectivity index (χ2n) is 8.77. The normalized spacial score (nSPS) is 18.1. The van der Waals surface area contributed by atoms with Gasteiger partial charge in [0.05, 0.1) is 7.11 Å². The van der Waals surface area contributed by atoms with E-state index in [2.05, 4.69) is 4.98 Å². The van der Waals surface area contributed by atoms with Crippen molar-refractivity contribution < 1.29 is 28.5 Å². The first kappa shape index (κ1) is 22.0. The van der Waals surface area contributed by atoms with Crippen molar-refractivity contribution in [3.63, 3.8) is 0 Å². The summed E-state index contributed by atoms with van der Waals surface area (Å²) in [5.41, 5.74) is 4.33. The highest BCUT2D eigenvalue weighted by Gasteiger charge is 2.45. The third kappa shape index (κ3) is 3.71. The summed E-state index contributed by atoms with van der Waals surface area (Å²) < 4.78 is 22.0. The first-order valence-electron chi connectivity index (χ1n) is 11.7. The number of hydrogen-bond acceptors (Lipinski definition) is 6. The number of benzene rings is 3. The first-order chi connectivity index (χ1) is 17.6. The van der Waals surface area contributed by atoms with E-state index < -0.39 is 24.1 Å². The Bertz CT molecular complexity index is 1450. The molecule has 3 heterocycles. The van der Waals surface area contributed by atoms with Crippen LogP contribution in [0, 0.1) is 0 Å². The van der Waals surface area contributed by atoms with Gasteiger partial charge in [-0.05, 0) is 34.9 Å². The van der Waals surface area contributed by atoms with Crippen LogP contribution in [-0.2, 0) is 27.3 Å². The molecule has 0 saturated carbocycles. The molecule has 36 heavy (non-hydrogen) atoms. The predicted molar refractivity (Wildman–Crippen MR) is 131 cm³/mol. The van der Waals surface area contributed by atoms with Crippen molar-refractivity contribution in [3.8, 4) is 11.5 Å². The first-order valence-corrected chi connectivity index (χ1v) is 11.7. The summed E-state index contributed by atoms with van der Waals surface area (Å²) in [6.45, 7) is 0.214. The lowest BCUT2D eigenvalue weighted by atomic mass is 9.88. The minimum atomic E-state index is -0.875. The quantitative estimate of drug-likeness (QED) is 0.422. The maximum Gasteiger partial charge on any atom is 0.411 e. The number of amides is 1. The average molecular weight is 485 g/mol. The largest absolute Gasteiger partial charge is 0.467 e. The van der Waals surface area contributed by atoms with Gasteiger partial charge in [0, 0.05) is 23.0 Å². The van der Waals surface area contributed by atoms with Gasteiger partial charge in [-0.1, -0.05) is 54.6 Å². The maximum absolute atomic E-state index is 13.7. The van der Waals surface area contributed by atoms with Gasteiger partial charge >= 0.3 is 12.1 Å². The van der Waals surface area contributed by atoms with Crippen molar-refractivity contribution >= 4 is 23.0 Å². The van der Waals surface area contributed by atoms with Crippen LogP contribution in [0.25, 0.3) is 10.9 Å². The lowest BCUT2D eigenvalue weighted by molar-refractivity contribution is -0.147. The van der Waals surface area contributed by atoms with Gasteiger partial charge in [-0.25, -0.2) is 9.59 Å². The van der Waals surface area contributed by atoms with Gasteiger partial charge in [-0.3, -0.25) is 4.90 Å². The summed E-state index contributed by atoms with van der Waals surface area (Å²) in [5.74, 6) is 0.713. The number of hydrogen-bond donors (Lipinski definition) is 1. The Kier molecular flexibility index (Phi) is 5.48. The molecule has 0 radical (unpaired) electrons. The number of nitrogens with one attached hydrogen (secondary N) is 1. The molecule has 1 amide bonds. The monoisotopic (exact) mass is 484 g/mol. The Morgan fingerprint density at radius 3 is 2.61 bits per heavy atom. The van der Waals surface area contributed by atoms with Crippen molar-refractivity contribution in [1.82, 2.24) is 9.88 Å². The molecule has 1 aromatic heterocycles. The fraction of sp³-hybridized carbons (Fsp3) is 0.214. The number of aromatic nitrogens is 1. The molecular formula is C28H24N2O6. The van der Waals surface area contributed by atoms with Crippen molar-refractivity contribution in [1.29, 1.82) is 0 Å². The van der Waals surface area contributed by atoms with Crippen molar-refractivity contribution in [2.45, 2.75) is 25.1 Å². The van der Waals surface area contributed by atoms with E-state index in [1.54, 1.807) is 0 Å². The Morgan fingerprint density at radius 1 is 1.00 bits per heavy atom. The summed E-state index contributed by atoms with van der Waals surface area (Å²) >= 11 is 0. The number of rotatable bonds is 4. The number of aromatic amines is 1. The van der Waals surface area contributed by atoms with Crippen LogP contribution in [0.3, 0.4) is 0 Å². The van der Waals surface area contributed by atoms with Gasteiger partial charge in [-0.15, -0.1) is 0 Å². The maximum atomic E-state index is 13.7. The molecule has 1 N–H and O–H groups in total. The Morgan fingerprint density at radius 2 is 1.78 bits per heavy atom. The van der Waals surface area contributed by atoms with E-state index >= 15 is 0 Å². The Hall–Kier alpha value is -4.46. The number of ether oxygens (including phenoxy) is 4. The number of esters is 1. The minimum Gasteiger partial charge on any atom is -0.467 e. The molecule has 0 aliphatic carbocycles. The molecule has 0 bridgehead atoms. The smallest absolute Gasteiger partial charge is 0.411 e. The van der Waals surface area contributed by atoms with E-state index in [1.807, 2.05) is 72.8 Å². The van der Waals surface area contributed by atoms with Gasteiger partial charge in [0.15, 0.2) is 11.5 Å². The summed E-state index contributed by atoms with van der Waals surface area (Å²) in [4.78, 5) is 31.7. The summed E-state index contributed by atoms with van der Waals surface area (Å²) in [6.07, 6.45) is -0.311. The Labute approximate surface area is 207 Å². The van der Waals surface area contributed by atoms with Crippen LogP contribution in [0.4, 0.5) is 4.79 Å². The number of methoxy groups -OCH3 is 1. The van der Waals surface area contributed by atoms with Crippen LogP contribution < -0.4 is 9.47 Å². The van der Waals surface area contributed by atoms with Crippen LogP contribution in [0.15, 0.2) is 72.8 Å². The van der Waals surface area contributed by atoms with Crippen molar-refractivity contribution in [3.05, 3.63) is 95.2 Å². The molecule has 0 saturated heterocycles. The van der Waals surface area contributed by atoms with Gasteiger partial charge in [0.25, 0.3) is 0 Å². The van der Waals surface area contributed by atoms with Crippen LogP contribution in [0.1, 0.15) is 28.4 Å². The lowest BCUT2D eigenvalue weighted by Gasteiger charge is -2.40. The summed E-state index contributed by atoms with van der Waals surface area (Å²) in [5, 5.41) is 1.00. The molecule has 2 atom stereocenters. The van der Waals surface area contributed by atoms with E-state index in [9.17, 15) is 9.59 Å². The molecule has 2 aliphatic heterocycles. The molecule has 8 heteroatoms. The number of carbonyl (C=O) groups excluding carboxylic acids is 2. The summed E-state index contributed by atoms with van der Waals surface area (Å²) in [6, 6.07) is 21.4. The van der Waals surface area contributed by atoms with Crippen molar-refractivity contribution in [2.75, 3.05) is 13.9 Å². The number of carbonyl (C=O) groups is 2. The molecule has 2 aliphatic rings. The zero-order valence-electron chi connectivity index (χ0n) is 19.6. The fourth-order valence-electron chi connectivity index (χ4n) is 5.05. The van der Waals surface area contributed by atoms with Crippen molar-refractivity contribution in [2.24, 2.45) is 0 Å². The highest BCUT2D eigenvalue weighted by Crippen LogP contribution is 2.44. The molecule has 0 fully saturated rings. The van der Waals surface area contributed by atoms with E-state index in [0.717, 1.165) is 33.3 Å². The topological polar surface area (TPSA) is 90.1 Å². The molecule has 3 aromatic carbocycles. The number of fused-ring (bicyclic) bond motifs is 4. The fourth-order valence-corrected chi connectivity index (χ4v) is 5.05. The van der Waals surface area contributed by atoms with Crippen LogP contribution in [0.5, 0.6) is 11.5 Å². The van der Waals surface area contributed by atoms with Gasteiger partial charge in [0.1, 0.15) is 18.7 Å². The van der Waals surface area contributed by atoms with E-state index in [-0.39, 0.29) is 13.4 Å². The zero-order chi connectivity index (χ0) is 24.6. The highest BCUT2D eigenvalue weighted by atomic mass is 16.7. The average Bonchev–Trinajstić information content (AvgIpc) is 3.54. The Balaban J connectivity index is 1.48. The van der Waals surface area contributed by atoms with E-state index in [4.69, 9.17) is 18.9 Å². The van der Waals surface area contributed by atoms with Crippen LogP contribution in [-0.4, -0.2) is 41.9 Å². The van der Waals surface area contributed by atoms with E-state index in [1.165, 1.54) is 12.0 Å². The van der Waals surface area contributed by atoms with Crippen LogP contribution >= 0.6 is 0 Å². The summed E-state index contributed by atoms with van der Waals surface area (Å²) in [7, 11) is 1.33. The zero-order valence-corrected chi connectivity index (χ0v) is 19.6. The molecule has 4 aromatic rings. The van der Waals surface area contributed by atoms with Gasteiger partial charge in [0.2, 0.25) is 6.79 Å². The number of H-pyrrole nitrogens is 1. The SMILES string of the molecule is COC(=O)[C@H]1Cc2c([nH]c3ccccc23)[C@H](c2ccc3c(c2)OCO3)N1C(=O)OCc1ccccc1. The third-order valence-electron chi connectivity index (χ3n) is 6.73. The minimum absolute atomic E-state index is 0.0808. The number of para-hydroxylation sites is 1. The molecular weight excluding hydrogens is 460 g/mol. The van der Waals surface area contributed by atoms with E-state index in [0.29, 0.717) is 17.9 Å². The molecule has 6 rings (SSSR count). The molecule has 182 valence electrons. The third-order valence-corrected chi connectivity index (χ3v) is 6.73. The predicted octanol–water partition coefficient (Wildman–Crippen LogP) is 4.72. The molecule has 0 spiro atoms. The number of nitrogens with zero attached hydrogens (tertiary/aromatic N) is 1. The second kappa shape index (κ2) is 8.96. The van der Waals surface area contributed by atoms with Crippen LogP contribution in [0.2, 0.25) is 0 Å².